The Bertz CT molecular complexity index is 1200. The number of carbonyl (C=O) groups is 1. The molecule has 2 fully saturated rings. The Labute approximate surface area is 223 Å². The van der Waals surface area contributed by atoms with Crippen molar-refractivity contribution in [2.24, 2.45) is 0 Å². The number of benzene rings is 2. The highest BCUT2D eigenvalue weighted by Gasteiger charge is 2.46. The molecule has 2 aromatic carbocycles. The van der Waals surface area contributed by atoms with Crippen molar-refractivity contribution in [2.75, 3.05) is 13.6 Å². The largest absolute Gasteiger partial charge is 0.416 e. The molecule has 4 nitrogen and oxygen atoms in total. The van der Waals surface area contributed by atoms with Crippen LogP contribution in [0.2, 0.25) is 0 Å². The molecule has 214 valence electrons. The lowest BCUT2D eigenvalue weighted by molar-refractivity contribution is -0.143. The van der Waals surface area contributed by atoms with Crippen molar-refractivity contribution in [3.05, 3.63) is 70.0 Å². The van der Waals surface area contributed by atoms with Crippen molar-refractivity contribution in [3.8, 4) is 0 Å². The van der Waals surface area contributed by atoms with Gasteiger partial charge in [0.2, 0.25) is 0 Å². The molecule has 1 N–H and O–H groups in total. The van der Waals surface area contributed by atoms with Crippen LogP contribution in [-0.4, -0.2) is 41.0 Å². The molecule has 2 heterocycles. The Balaban J connectivity index is 1.68. The maximum atomic E-state index is 13.9. The predicted molar refractivity (Wildman–Crippen MR) is 132 cm³/mol. The number of nitrogens with zero attached hydrogens (tertiary/aromatic N) is 2. The summed E-state index contributed by atoms with van der Waals surface area (Å²) in [5.41, 5.74) is -1.94. The standard InChI is InChI=1S/C28H32F7N3O/c1-16-11-22(29)5-6-23(16)24-15-26(8-7-17(2)36-26)9-10-38(24)25(39)37(4)18(3)19-12-20(27(30,31)32)14-21(13-19)28(33,34)35/h5-6,11-14,17-18,24,36H,7-10,15H2,1-4H3. The van der Waals surface area contributed by atoms with E-state index in [0.29, 0.717) is 43.1 Å². The molecule has 4 atom stereocenters. The minimum atomic E-state index is -4.99. The molecule has 0 aromatic heterocycles. The van der Waals surface area contributed by atoms with Gasteiger partial charge in [-0.25, -0.2) is 9.18 Å². The van der Waals surface area contributed by atoms with E-state index in [1.54, 1.807) is 17.9 Å². The summed E-state index contributed by atoms with van der Waals surface area (Å²) in [6.45, 7) is 5.57. The van der Waals surface area contributed by atoms with E-state index in [0.717, 1.165) is 18.4 Å². The molecule has 0 aliphatic carbocycles. The van der Waals surface area contributed by atoms with E-state index in [-0.39, 0.29) is 17.2 Å². The first kappa shape index (κ1) is 29.2. The van der Waals surface area contributed by atoms with Gasteiger partial charge >= 0.3 is 18.4 Å². The third kappa shape index (κ3) is 6.02. The number of piperidine rings is 1. The smallest absolute Gasteiger partial charge is 0.321 e. The number of carbonyl (C=O) groups excluding carboxylic acids is 1. The van der Waals surface area contributed by atoms with Crippen molar-refractivity contribution >= 4 is 6.03 Å². The first-order valence-corrected chi connectivity index (χ1v) is 12.9. The van der Waals surface area contributed by atoms with Gasteiger partial charge in [0.05, 0.1) is 23.2 Å². The van der Waals surface area contributed by atoms with E-state index >= 15 is 0 Å². The van der Waals surface area contributed by atoms with Crippen LogP contribution in [0.25, 0.3) is 0 Å². The van der Waals surface area contributed by atoms with Gasteiger partial charge in [0.1, 0.15) is 5.82 Å². The van der Waals surface area contributed by atoms with Crippen LogP contribution in [0.15, 0.2) is 36.4 Å². The van der Waals surface area contributed by atoms with Crippen LogP contribution in [0.1, 0.15) is 79.4 Å². The maximum Gasteiger partial charge on any atom is 0.416 e. The van der Waals surface area contributed by atoms with E-state index in [9.17, 15) is 35.5 Å². The van der Waals surface area contributed by atoms with Gasteiger partial charge in [-0.05, 0) is 93.5 Å². The second-order valence-corrected chi connectivity index (χ2v) is 10.9. The zero-order chi connectivity index (χ0) is 28.9. The van der Waals surface area contributed by atoms with Crippen molar-refractivity contribution in [2.45, 2.75) is 82.5 Å². The minimum Gasteiger partial charge on any atom is -0.321 e. The number of hydrogen-bond donors (Lipinski definition) is 1. The Morgan fingerprint density at radius 1 is 1.05 bits per heavy atom. The molecule has 0 saturated carbocycles. The summed E-state index contributed by atoms with van der Waals surface area (Å²) in [6.07, 6.45) is -6.91. The van der Waals surface area contributed by atoms with Crippen LogP contribution in [0.4, 0.5) is 35.5 Å². The summed E-state index contributed by atoms with van der Waals surface area (Å²) in [7, 11) is 1.37. The zero-order valence-electron chi connectivity index (χ0n) is 22.2. The maximum absolute atomic E-state index is 13.9. The van der Waals surface area contributed by atoms with Gasteiger partial charge in [-0.15, -0.1) is 0 Å². The third-order valence-corrected chi connectivity index (χ3v) is 8.21. The lowest BCUT2D eigenvalue weighted by Gasteiger charge is -2.47. The van der Waals surface area contributed by atoms with Crippen LogP contribution in [0, 0.1) is 12.7 Å². The molecular weight excluding hydrogens is 527 g/mol. The average Bonchev–Trinajstić information content (AvgIpc) is 3.20. The van der Waals surface area contributed by atoms with Gasteiger partial charge < -0.3 is 15.1 Å². The number of urea groups is 1. The van der Waals surface area contributed by atoms with E-state index in [2.05, 4.69) is 12.2 Å². The highest BCUT2D eigenvalue weighted by atomic mass is 19.4. The van der Waals surface area contributed by atoms with Crippen molar-refractivity contribution < 1.29 is 35.5 Å². The van der Waals surface area contributed by atoms with Gasteiger partial charge in [-0.1, -0.05) is 6.07 Å². The molecule has 11 heteroatoms. The normalized spacial score (nSPS) is 24.7. The molecule has 2 saturated heterocycles. The molecule has 39 heavy (non-hydrogen) atoms. The number of rotatable bonds is 3. The fraction of sp³-hybridized carbons (Fsp3) is 0.536. The highest BCUT2D eigenvalue weighted by molar-refractivity contribution is 5.75. The minimum absolute atomic E-state index is 0.0745. The first-order valence-electron chi connectivity index (χ1n) is 12.9. The molecule has 2 amide bonds. The van der Waals surface area contributed by atoms with E-state index in [1.807, 2.05) is 0 Å². The fourth-order valence-corrected chi connectivity index (χ4v) is 5.92. The number of likely N-dealkylation sites (tertiary alicyclic amines) is 1. The molecule has 4 unspecified atom stereocenters. The first-order chi connectivity index (χ1) is 18.0. The molecule has 4 rings (SSSR count). The van der Waals surface area contributed by atoms with Crippen LogP contribution in [-0.2, 0) is 12.4 Å². The third-order valence-electron chi connectivity index (χ3n) is 8.21. The van der Waals surface area contributed by atoms with Gasteiger partial charge in [-0.3, -0.25) is 0 Å². The van der Waals surface area contributed by atoms with Crippen molar-refractivity contribution in [1.29, 1.82) is 0 Å². The molecule has 2 aromatic rings. The van der Waals surface area contributed by atoms with E-state index in [4.69, 9.17) is 0 Å². The number of aryl methyl sites for hydroxylation is 1. The fourth-order valence-electron chi connectivity index (χ4n) is 5.92. The zero-order valence-corrected chi connectivity index (χ0v) is 22.2. The topological polar surface area (TPSA) is 35.6 Å². The van der Waals surface area contributed by atoms with Gasteiger partial charge in [-0.2, -0.15) is 26.3 Å². The number of nitrogens with one attached hydrogen (secondary N) is 1. The van der Waals surface area contributed by atoms with E-state index < -0.39 is 47.4 Å². The number of amides is 2. The Morgan fingerprint density at radius 2 is 1.67 bits per heavy atom. The van der Waals surface area contributed by atoms with Crippen LogP contribution >= 0.6 is 0 Å². The number of alkyl halides is 6. The number of hydrogen-bond acceptors (Lipinski definition) is 2. The molecule has 0 radical (unpaired) electrons. The summed E-state index contributed by atoms with van der Waals surface area (Å²) in [5.74, 6) is -0.414. The molecule has 1 spiro atoms. The summed E-state index contributed by atoms with van der Waals surface area (Å²) in [6, 6.07) is 3.96. The van der Waals surface area contributed by atoms with E-state index in [1.165, 1.54) is 31.0 Å². The van der Waals surface area contributed by atoms with Gasteiger partial charge in [0.25, 0.3) is 0 Å². The SMILES string of the molecule is Cc1cc(F)ccc1C1CC2(CCC(C)N2)CCN1C(=O)N(C)C(C)c1cc(C(F)(F)F)cc(C(F)(F)F)c1. The lowest BCUT2D eigenvalue weighted by atomic mass is 9.79. The molecule has 2 aliphatic rings. The monoisotopic (exact) mass is 559 g/mol. The summed E-state index contributed by atoms with van der Waals surface area (Å²) < 4.78 is 94.5. The van der Waals surface area contributed by atoms with Crippen LogP contribution in [0.3, 0.4) is 0 Å². The number of halogens is 7. The predicted octanol–water partition coefficient (Wildman–Crippen LogP) is 7.63. The highest BCUT2D eigenvalue weighted by Crippen LogP contribution is 2.44. The van der Waals surface area contributed by atoms with Gasteiger partial charge in [0.15, 0.2) is 0 Å². The molecule has 0 bridgehead atoms. The Morgan fingerprint density at radius 3 is 2.18 bits per heavy atom. The van der Waals surface area contributed by atoms with Crippen molar-refractivity contribution in [3.63, 3.8) is 0 Å². The van der Waals surface area contributed by atoms with Crippen LogP contribution in [0.5, 0.6) is 0 Å². The average molecular weight is 560 g/mol. The van der Waals surface area contributed by atoms with Crippen molar-refractivity contribution in [1.82, 2.24) is 15.1 Å². The second kappa shape index (κ2) is 10.3. The summed E-state index contributed by atoms with van der Waals surface area (Å²) in [5, 5.41) is 3.64. The summed E-state index contributed by atoms with van der Waals surface area (Å²) >= 11 is 0. The Hall–Kier alpha value is -2.82. The Kier molecular flexibility index (Phi) is 7.70. The molecular formula is C28H32F7N3O. The van der Waals surface area contributed by atoms with Gasteiger partial charge in [0, 0.05) is 25.2 Å². The molecule has 2 aliphatic heterocycles. The second-order valence-electron chi connectivity index (χ2n) is 10.9. The quantitative estimate of drug-likeness (QED) is 0.393. The van der Waals surface area contributed by atoms with Crippen LogP contribution < -0.4 is 5.32 Å². The summed E-state index contributed by atoms with van der Waals surface area (Å²) in [4.78, 5) is 16.6. The lowest BCUT2D eigenvalue weighted by Crippen LogP contribution is -2.56.